The van der Waals surface area contributed by atoms with Crippen molar-refractivity contribution in [1.82, 2.24) is 4.98 Å². The van der Waals surface area contributed by atoms with Gasteiger partial charge in [-0.05, 0) is 63.0 Å². The van der Waals surface area contributed by atoms with Crippen LogP contribution < -0.4 is 5.32 Å². The second-order valence-corrected chi connectivity index (χ2v) is 5.53. The third kappa shape index (κ3) is 3.19. The van der Waals surface area contributed by atoms with Gasteiger partial charge in [-0.2, -0.15) is 0 Å². The fourth-order valence-electron chi connectivity index (χ4n) is 1.48. The predicted octanol–water partition coefficient (Wildman–Crippen LogP) is 4.31. The summed E-state index contributed by atoms with van der Waals surface area (Å²) in [4.78, 5) is 16.1. The lowest BCUT2D eigenvalue weighted by molar-refractivity contribution is 0.102. The molecule has 0 atom stereocenters. The maximum absolute atomic E-state index is 13.8. The molecule has 0 radical (unpaired) electrons. The number of nitrogens with zero attached hydrogens (tertiary/aromatic N) is 1. The van der Waals surface area contributed by atoms with Gasteiger partial charge in [0.15, 0.2) is 0 Å². The second-order valence-electron chi connectivity index (χ2n) is 3.82. The Hall–Kier alpha value is -1.27. The smallest absolute Gasteiger partial charge is 0.259 e. The first-order chi connectivity index (χ1) is 8.99. The summed E-state index contributed by atoms with van der Waals surface area (Å²) < 4.78 is 14.9. The molecule has 0 fully saturated rings. The number of benzene rings is 1. The fraction of sp³-hybridized carbons (Fsp3) is 0.0769. The molecule has 98 valence electrons. The quantitative estimate of drug-likeness (QED) is 0.834. The number of anilines is 1. The van der Waals surface area contributed by atoms with Crippen molar-refractivity contribution in [3.8, 4) is 0 Å². The highest BCUT2D eigenvalue weighted by Gasteiger charge is 2.14. The van der Waals surface area contributed by atoms with Crippen LogP contribution >= 0.6 is 31.9 Å². The standard InChI is InChI=1S/C13H9Br2FN2O/c1-7-9(14)5-6-11(17-7)18-13(19)8-3-2-4-10(15)12(8)16/h2-6H,1H3,(H,17,18,19). The molecule has 0 saturated heterocycles. The number of carbonyl (C=O) groups is 1. The molecule has 1 amide bonds. The summed E-state index contributed by atoms with van der Waals surface area (Å²) in [5.74, 6) is -0.744. The molecule has 3 nitrogen and oxygen atoms in total. The van der Waals surface area contributed by atoms with Gasteiger partial charge < -0.3 is 5.32 Å². The van der Waals surface area contributed by atoms with Gasteiger partial charge in [-0.3, -0.25) is 4.79 Å². The van der Waals surface area contributed by atoms with E-state index in [1.165, 1.54) is 12.1 Å². The van der Waals surface area contributed by atoms with Crippen LogP contribution in [0.3, 0.4) is 0 Å². The van der Waals surface area contributed by atoms with E-state index < -0.39 is 11.7 Å². The number of hydrogen-bond acceptors (Lipinski definition) is 2. The van der Waals surface area contributed by atoms with Crippen LogP contribution in [0.5, 0.6) is 0 Å². The Morgan fingerprint density at radius 3 is 2.63 bits per heavy atom. The Kier molecular flexibility index (Phi) is 4.31. The van der Waals surface area contributed by atoms with Crippen molar-refractivity contribution >= 4 is 43.6 Å². The highest BCUT2D eigenvalue weighted by molar-refractivity contribution is 9.10. The number of amides is 1. The molecule has 1 N–H and O–H groups in total. The first-order valence-electron chi connectivity index (χ1n) is 5.37. The third-order valence-corrected chi connectivity index (χ3v) is 3.91. The zero-order chi connectivity index (χ0) is 14.0. The van der Waals surface area contributed by atoms with E-state index in [1.54, 1.807) is 25.1 Å². The molecule has 0 spiro atoms. The number of carbonyl (C=O) groups excluding carboxylic acids is 1. The van der Waals surface area contributed by atoms with Crippen LogP contribution in [0.2, 0.25) is 0 Å². The molecule has 19 heavy (non-hydrogen) atoms. The lowest BCUT2D eigenvalue weighted by Crippen LogP contribution is -2.15. The van der Waals surface area contributed by atoms with Crippen molar-refractivity contribution in [2.45, 2.75) is 6.92 Å². The van der Waals surface area contributed by atoms with E-state index in [1.807, 2.05) is 0 Å². The third-order valence-electron chi connectivity index (χ3n) is 2.46. The van der Waals surface area contributed by atoms with E-state index in [2.05, 4.69) is 42.2 Å². The predicted molar refractivity (Wildman–Crippen MR) is 78.7 cm³/mol. The molecule has 2 rings (SSSR count). The van der Waals surface area contributed by atoms with Gasteiger partial charge in [-0.1, -0.05) is 6.07 Å². The molecule has 2 aromatic rings. The Morgan fingerprint density at radius 2 is 1.95 bits per heavy atom. The summed E-state index contributed by atoms with van der Waals surface area (Å²) in [7, 11) is 0. The molecule has 6 heteroatoms. The lowest BCUT2D eigenvalue weighted by atomic mass is 10.2. The van der Waals surface area contributed by atoms with Crippen LogP contribution in [0.15, 0.2) is 39.3 Å². The summed E-state index contributed by atoms with van der Waals surface area (Å²) in [5.41, 5.74) is 0.712. The number of aromatic nitrogens is 1. The van der Waals surface area contributed by atoms with Crippen molar-refractivity contribution < 1.29 is 9.18 Å². The molecule has 1 heterocycles. The van der Waals surface area contributed by atoms with Crippen molar-refractivity contribution in [3.05, 3.63) is 56.4 Å². The van der Waals surface area contributed by atoms with E-state index in [9.17, 15) is 9.18 Å². The van der Waals surface area contributed by atoms with E-state index in [4.69, 9.17) is 0 Å². The van der Waals surface area contributed by atoms with Crippen molar-refractivity contribution in [2.75, 3.05) is 5.32 Å². The SMILES string of the molecule is Cc1nc(NC(=O)c2cccc(Br)c2F)ccc1Br. The number of halogens is 3. The van der Waals surface area contributed by atoms with Gasteiger partial charge in [0.25, 0.3) is 5.91 Å². The highest BCUT2D eigenvalue weighted by atomic mass is 79.9. The Balaban J connectivity index is 2.26. The number of rotatable bonds is 2. The Labute approximate surface area is 126 Å². The normalized spacial score (nSPS) is 10.3. The number of nitrogens with one attached hydrogen (secondary N) is 1. The van der Waals surface area contributed by atoms with Gasteiger partial charge in [-0.25, -0.2) is 9.37 Å². The Bertz CT molecular complexity index is 647. The molecule has 0 aliphatic rings. The van der Waals surface area contributed by atoms with Gasteiger partial charge in [0.2, 0.25) is 0 Å². The van der Waals surface area contributed by atoms with Crippen LogP contribution in [-0.4, -0.2) is 10.9 Å². The maximum atomic E-state index is 13.8. The first kappa shape index (κ1) is 14.1. The van der Waals surface area contributed by atoms with Gasteiger partial charge in [0, 0.05) is 4.47 Å². The molecule has 1 aromatic heterocycles. The van der Waals surface area contributed by atoms with E-state index in [-0.39, 0.29) is 10.0 Å². The number of pyridine rings is 1. The molecular formula is C13H9Br2FN2O. The molecular weight excluding hydrogens is 379 g/mol. The van der Waals surface area contributed by atoms with E-state index in [0.29, 0.717) is 5.82 Å². The van der Waals surface area contributed by atoms with Crippen LogP contribution in [0, 0.1) is 12.7 Å². The summed E-state index contributed by atoms with van der Waals surface area (Å²) in [6, 6.07) is 7.97. The molecule has 1 aromatic carbocycles. The van der Waals surface area contributed by atoms with Gasteiger partial charge in [0.05, 0.1) is 15.7 Å². The van der Waals surface area contributed by atoms with Crippen molar-refractivity contribution in [2.24, 2.45) is 0 Å². The molecule has 0 bridgehead atoms. The lowest BCUT2D eigenvalue weighted by Gasteiger charge is -2.07. The molecule has 0 unspecified atom stereocenters. The van der Waals surface area contributed by atoms with Gasteiger partial charge >= 0.3 is 0 Å². The maximum Gasteiger partial charge on any atom is 0.259 e. The van der Waals surface area contributed by atoms with Gasteiger partial charge in [-0.15, -0.1) is 0 Å². The zero-order valence-corrected chi connectivity index (χ0v) is 13.0. The van der Waals surface area contributed by atoms with Crippen LogP contribution in [0.1, 0.15) is 16.1 Å². The largest absolute Gasteiger partial charge is 0.306 e. The topological polar surface area (TPSA) is 42.0 Å². The van der Waals surface area contributed by atoms with Crippen LogP contribution in [0.4, 0.5) is 10.2 Å². The van der Waals surface area contributed by atoms with Crippen molar-refractivity contribution in [3.63, 3.8) is 0 Å². The van der Waals surface area contributed by atoms with Crippen molar-refractivity contribution in [1.29, 1.82) is 0 Å². The summed E-state index contributed by atoms with van der Waals surface area (Å²) in [5, 5.41) is 2.56. The van der Waals surface area contributed by atoms with E-state index >= 15 is 0 Å². The average Bonchev–Trinajstić information content (AvgIpc) is 2.37. The average molecular weight is 388 g/mol. The van der Waals surface area contributed by atoms with E-state index in [0.717, 1.165) is 10.2 Å². The van der Waals surface area contributed by atoms with Gasteiger partial charge in [0.1, 0.15) is 11.6 Å². The summed E-state index contributed by atoms with van der Waals surface area (Å²) in [6.45, 7) is 1.80. The number of aryl methyl sites for hydroxylation is 1. The fourth-order valence-corrected chi connectivity index (χ4v) is 2.06. The molecule has 0 aliphatic heterocycles. The van der Waals surface area contributed by atoms with Crippen LogP contribution in [-0.2, 0) is 0 Å². The summed E-state index contributed by atoms with van der Waals surface area (Å²) >= 11 is 6.36. The minimum Gasteiger partial charge on any atom is -0.306 e. The highest BCUT2D eigenvalue weighted by Crippen LogP contribution is 2.20. The molecule has 0 saturated carbocycles. The first-order valence-corrected chi connectivity index (χ1v) is 6.96. The number of hydrogen-bond donors (Lipinski definition) is 1. The van der Waals surface area contributed by atoms with Crippen LogP contribution in [0.25, 0.3) is 0 Å². The molecule has 0 aliphatic carbocycles. The minimum atomic E-state index is -0.589. The monoisotopic (exact) mass is 386 g/mol. The minimum absolute atomic E-state index is 0.0308. The summed E-state index contributed by atoms with van der Waals surface area (Å²) in [6.07, 6.45) is 0. The Morgan fingerprint density at radius 1 is 1.21 bits per heavy atom. The second kappa shape index (κ2) is 5.79. The zero-order valence-electron chi connectivity index (χ0n) is 9.88.